The molecule has 354 valence electrons. The van der Waals surface area contributed by atoms with Crippen LogP contribution in [0.15, 0.2) is 73.1 Å². The number of H-pyrrole nitrogens is 1. The minimum absolute atomic E-state index is 0.00522. The van der Waals surface area contributed by atoms with E-state index in [0.717, 1.165) is 104 Å². The largest absolute Gasteiger partial charge is 0.372 e. The number of ketones is 1. The number of nitrogens with one attached hydrogen (secondary N) is 3. The third-order valence-corrected chi connectivity index (χ3v) is 16.4. The van der Waals surface area contributed by atoms with Crippen molar-refractivity contribution in [3.8, 4) is 11.1 Å². The van der Waals surface area contributed by atoms with Gasteiger partial charge in [-0.05, 0) is 97.7 Å². The number of nitrogens with zero attached hydrogens (tertiary/aromatic N) is 6. The maximum Gasteiger partial charge on any atom is 0.301 e. The minimum Gasteiger partial charge on any atom is -0.372 e. The van der Waals surface area contributed by atoms with Gasteiger partial charge in [0.25, 0.3) is 5.91 Å². The molecule has 11 rings (SSSR count). The molecule has 5 saturated heterocycles. The van der Waals surface area contributed by atoms with Gasteiger partial charge in [-0.2, -0.15) is 12.7 Å². The number of piperidine rings is 2. The van der Waals surface area contributed by atoms with Crippen molar-refractivity contribution in [2.45, 2.75) is 57.3 Å². The zero-order chi connectivity index (χ0) is 47.1. The summed E-state index contributed by atoms with van der Waals surface area (Å²) in [7, 11) is -4.35. The second-order valence-corrected chi connectivity index (χ2v) is 21.0. The van der Waals surface area contributed by atoms with Gasteiger partial charge in [0.1, 0.15) is 23.7 Å². The molecule has 0 aliphatic carbocycles. The zero-order valence-corrected chi connectivity index (χ0v) is 38.0. The molecule has 3 N–H and O–H groups in total. The number of benzene rings is 3. The standard InChI is InChI=1S/C49H50F3N9O6S/c50-33-13-17-60(25-33)68(66,67)56-40-8-7-39(51)43(44(40)52)45(63)38-22-54-46-37(38)20-31(21-53-46)30-1-3-34(4-2-30)58-15-11-29(12-16-58)23-57-26-49(27-57)14-18-59(28-49)35-5-6-36-32(19-35)24-61(48(36)65)41-9-10-42(62)55-47(41)64/h1-8,19-22,29,33,41,56H,9-18,23-28H2,(H,53,54)(H,55,62,64)/t33-,41?/m1/s1. The van der Waals surface area contributed by atoms with Crippen molar-refractivity contribution in [2.24, 2.45) is 11.3 Å². The summed E-state index contributed by atoms with van der Waals surface area (Å²) in [6, 6.07) is 16.9. The Labute approximate surface area is 390 Å². The van der Waals surface area contributed by atoms with Gasteiger partial charge in [-0.15, -0.1) is 0 Å². The summed E-state index contributed by atoms with van der Waals surface area (Å²) in [4.78, 5) is 67.5. The number of rotatable bonds is 11. The van der Waals surface area contributed by atoms with Crippen LogP contribution in [0.4, 0.5) is 30.2 Å². The number of amides is 3. The second-order valence-electron chi connectivity index (χ2n) is 19.3. The fourth-order valence-corrected chi connectivity index (χ4v) is 12.5. The molecule has 0 saturated carbocycles. The molecule has 8 heterocycles. The summed E-state index contributed by atoms with van der Waals surface area (Å²) in [6.07, 6.45) is 5.51. The fourth-order valence-electron chi connectivity index (χ4n) is 11.2. The predicted molar refractivity (Wildman–Crippen MR) is 248 cm³/mol. The molecule has 6 aliphatic rings. The predicted octanol–water partition coefficient (Wildman–Crippen LogP) is 5.63. The van der Waals surface area contributed by atoms with Gasteiger partial charge in [-0.1, -0.05) is 12.1 Å². The Morgan fingerprint density at radius 2 is 1.65 bits per heavy atom. The topological polar surface area (TPSA) is 171 Å². The average Bonchev–Trinajstić information content (AvgIpc) is 4.13. The number of anilines is 3. The molecular weight excluding hydrogens is 900 g/mol. The van der Waals surface area contributed by atoms with E-state index >= 15 is 8.78 Å². The van der Waals surface area contributed by atoms with E-state index in [2.05, 4.69) is 48.2 Å². The number of aromatic nitrogens is 2. The highest BCUT2D eigenvalue weighted by atomic mass is 32.2. The Bertz CT molecular complexity index is 2990. The lowest BCUT2D eigenvalue weighted by molar-refractivity contribution is -0.136. The van der Waals surface area contributed by atoms with E-state index in [1.165, 1.54) is 6.20 Å². The van der Waals surface area contributed by atoms with Crippen molar-refractivity contribution >= 4 is 61.8 Å². The Kier molecular flexibility index (Phi) is 11.1. The highest BCUT2D eigenvalue weighted by Crippen LogP contribution is 2.43. The number of carbonyl (C=O) groups excluding carboxylic acids is 4. The number of hydrogen-bond acceptors (Lipinski definition) is 10. The van der Waals surface area contributed by atoms with Crippen LogP contribution in [-0.4, -0.2) is 127 Å². The number of alkyl halides is 1. The van der Waals surface area contributed by atoms with Crippen molar-refractivity contribution in [3.63, 3.8) is 0 Å². The third-order valence-electron chi connectivity index (χ3n) is 14.9. The van der Waals surface area contributed by atoms with E-state index < -0.39 is 57.0 Å². The highest BCUT2D eigenvalue weighted by molar-refractivity contribution is 7.90. The van der Waals surface area contributed by atoms with Crippen LogP contribution in [-0.2, 0) is 26.3 Å². The van der Waals surface area contributed by atoms with Gasteiger partial charge >= 0.3 is 10.2 Å². The first kappa shape index (κ1) is 44.2. The molecule has 0 bridgehead atoms. The molecule has 5 aromatic rings. The van der Waals surface area contributed by atoms with E-state index in [1.807, 2.05) is 29.0 Å². The van der Waals surface area contributed by atoms with E-state index in [9.17, 15) is 32.0 Å². The van der Waals surface area contributed by atoms with E-state index in [1.54, 1.807) is 17.2 Å². The summed E-state index contributed by atoms with van der Waals surface area (Å²) in [5.74, 6) is -3.78. The van der Waals surface area contributed by atoms with Crippen LogP contribution in [0.25, 0.3) is 22.2 Å². The number of halogens is 3. The van der Waals surface area contributed by atoms with Gasteiger partial charge in [0.15, 0.2) is 5.82 Å². The molecule has 2 atom stereocenters. The molecule has 15 nitrogen and oxygen atoms in total. The number of aromatic amines is 1. The molecule has 68 heavy (non-hydrogen) atoms. The molecule has 19 heteroatoms. The normalized spacial score (nSPS) is 22.3. The number of imide groups is 1. The smallest absolute Gasteiger partial charge is 0.301 e. The minimum atomic E-state index is -4.35. The molecular formula is C49H50F3N9O6S. The number of hydrogen-bond donors (Lipinski definition) is 3. The van der Waals surface area contributed by atoms with E-state index in [4.69, 9.17) is 0 Å². The van der Waals surface area contributed by atoms with Crippen molar-refractivity contribution < 1.29 is 40.8 Å². The fraction of sp³-hybridized carbons (Fsp3) is 0.408. The second kappa shape index (κ2) is 17.0. The van der Waals surface area contributed by atoms with E-state index in [-0.39, 0.29) is 48.7 Å². The summed E-state index contributed by atoms with van der Waals surface area (Å²) < 4.78 is 73.2. The van der Waals surface area contributed by atoms with Crippen LogP contribution in [0.3, 0.4) is 0 Å². The summed E-state index contributed by atoms with van der Waals surface area (Å²) in [6.45, 7) is 6.94. The summed E-state index contributed by atoms with van der Waals surface area (Å²) >= 11 is 0. The third kappa shape index (κ3) is 8.06. The lowest BCUT2D eigenvalue weighted by atomic mass is 9.78. The van der Waals surface area contributed by atoms with Crippen molar-refractivity contribution in [2.75, 3.05) is 73.4 Å². The van der Waals surface area contributed by atoms with Crippen LogP contribution in [0.5, 0.6) is 0 Å². The van der Waals surface area contributed by atoms with Crippen LogP contribution < -0.4 is 19.8 Å². The highest BCUT2D eigenvalue weighted by Gasteiger charge is 2.48. The van der Waals surface area contributed by atoms with Crippen LogP contribution in [0.1, 0.15) is 70.4 Å². The quantitative estimate of drug-likeness (QED) is 0.111. The van der Waals surface area contributed by atoms with Gasteiger partial charge in [0.05, 0.1) is 11.3 Å². The molecule has 1 unspecified atom stereocenters. The number of fused-ring (bicyclic) bond motifs is 2. The van der Waals surface area contributed by atoms with Crippen molar-refractivity contribution in [1.82, 2.24) is 29.4 Å². The Balaban J connectivity index is 0.677. The molecule has 2 aromatic heterocycles. The van der Waals surface area contributed by atoms with Gasteiger partial charge < -0.3 is 24.6 Å². The first-order valence-electron chi connectivity index (χ1n) is 23.2. The van der Waals surface area contributed by atoms with Crippen LogP contribution in [0.2, 0.25) is 0 Å². The summed E-state index contributed by atoms with van der Waals surface area (Å²) in [5, 5.41) is 2.71. The van der Waals surface area contributed by atoms with Gasteiger partial charge in [-0.25, -0.2) is 18.2 Å². The molecule has 1 spiro atoms. The van der Waals surface area contributed by atoms with Gasteiger partial charge in [-0.3, -0.25) is 29.2 Å². The van der Waals surface area contributed by atoms with Crippen LogP contribution in [0, 0.1) is 23.0 Å². The molecule has 0 radical (unpaired) electrons. The van der Waals surface area contributed by atoms with Crippen molar-refractivity contribution in [3.05, 3.63) is 107 Å². The lowest BCUT2D eigenvalue weighted by Crippen LogP contribution is -2.59. The number of pyridine rings is 1. The Morgan fingerprint density at radius 3 is 2.40 bits per heavy atom. The molecule has 5 fully saturated rings. The summed E-state index contributed by atoms with van der Waals surface area (Å²) in [5.41, 5.74) is 4.30. The number of carbonyl (C=O) groups is 4. The maximum absolute atomic E-state index is 15.8. The molecule has 3 aromatic carbocycles. The average molecular weight is 950 g/mol. The lowest BCUT2D eigenvalue weighted by Gasteiger charge is -2.50. The first-order valence-corrected chi connectivity index (χ1v) is 24.7. The van der Waals surface area contributed by atoms with Gasteiger partial charge in [0, 0.05) is 123 Å². The monoisotopic (exact) mass is 949 g/mol. The van der Waals surface area contributed by atoms with E-state index in [0.29, 0.717) is 41.0 Å². The molecule has 6 aliphatic heterocycles. The molecule has 3 amide bonds. The maximum atomic E-state index is 15.8. The Hall–Kier alpha value is -6.31. The number of likely N-dealkylation sites (tertiary alicyclic amines) is 1. The first-order chi connectivity index (χ1) is 32.7. The van der Waals surface area contributed by atoms with Gasteiger partial charge in [0.2, 0.25) is 17.6 Å². The zero-order valence-electron chi connectivity index (χ0n) is 37.1. The Morgan fingerprint density at radius 1 is 0.868 bits per heavy atom. The van der Waals surface area contributed by atoms with Crippen LogP contribution >= 0.6 is 0 Å². The van der Waals surface area contributed by atoms with Crippen molar-refractivity contribution in [1.29, 1.82) is 0 Å². The SMILES string of the molecule is O=C1CCC(N2Cc3cc(N4CCC5(CN(CC6CCN(c7ccc(-c8cnc9[nH]cc(C(=O)c%10c(F)ccc(NS(=O)(=O)N%11CC[C@@H](F)C%11)c%10F)c9c8)cc7)CC6)C5)C4)ccc3C2=O)C(=O)N1.